The number of ether oxygens (including phenoxy) is 1. The van der Waals surface area contributed by atoms with Gasteiger partial charge in [-0.2, -0.15) is 0 Å². The first kappa shape index (κ1) is 10.6. The van der Waals surface area contributed by atoms with Crippen molar-refractivity contribution >= 4 is 17.6 Å². The van der Waals surface area contributed by atoms with Gasteiger partial charge in [0.25, 0.3) is 0 Å². The molecule has 0 unspecified atom stereocenters. The van der Waals surface area contributed by atoms with E-state index < -0.39 is 5.97 Å². The smallest absolute Gasteiger partial charge is 0.384 e. The first-order chi connectivity index (χ1) is 6.74. The van der Waals surface area contributed by atoms with Crippen LogP contribution in [0.25, 0.3) is 0 Å². The summed E-state index contributed by atoms with van der Waals surface area (Å²) in [5, 5.41) is 0.671. The quantitative estimate of drug-likeness (QED) is 0.432. The Morgan fingerprint density at radius 2 is 2.21 bits per heavy atom. The first-order valence-electron chi connectivity index (χ1n) is 4.11. The molecule has 0 aliphatic heterocycles. The lowest BCUT2D eigenvalue weighted by Gasteiger charge is -2.03. The van der Waals surface area contributed by atoms with Gasteiger partial charge in [-0.3, -0.25) is 0 Å². The average molecular weight is 209 g/mol. The van der Waals surface area contributed by atoms with E-state index in [2.05, 4.69) is 0 Å². The van der Waals surface area contributed by atoms with Crippen LogP contribution in [-0.2, 0) is 16.0 Å². The van der Waals surface area contributed by atoms with Gasteiger partial charge in [0.2, 0.25) is 0 Å². The fourth-order valence-corrected chi connectivity index (χ4v) is 1.23. The predicted octanol–water partition coefficient (Wildman–Crippen LogP) is 2.06. The summed E-state index contributed by atoms with van der Waals surface area (Å²) in [7, 11) is 0. The molecule has 0 atom stereocenters. The summed E-state index contributed by atoms with van der Waals surface area (Å²) in [4.78, 5) is 10.6. The second-order valence-electron chi connectivity index (χ2n) is 2.62. The van der Waals surface area contributed by atoms with Crippen LogP contribution >= 0.6 is 11.6 Å². The number of terminal acetylenes is 1. The Hall–Kier alpha value is -1.46. The normalized spacial score (nSPS) is 9.14. The minimum atomic E-state index is -0.642. The standard InChI is InChI=1S/C11H9ClO2/c1-2-11(13)14-8-7-9-5-3-4-6-10(9)12/h1,3-6H,7-8H2. The molecule has 0 radical (unpaired) electrons. The molecule has 1 rings (SSSR count). The van der Waals surface area contributed by atoms with Gasteiger partial charge in [0.05, 0.1) is 6.61 Å². The number of esters is 1. The van der Waals surface area contributed by atoms with E-state index in [9.17, 15) is 4.79 Å². The van der Waals surface area contributed by atoms with Crippen molar-refractivity contribution in [3.63, 3.8) is 0 Å². The topological polar surface area (TPSA) is 26.3 Å². The summed E-state index contributed by atoms with van der Waals surface area (Å²) in [5.41, 5.74) is 0.944. The molecule has 14 heavy (non-hydrogen) atoms. The monoisotopic (exact) mass is 208 g/mol. The zero-order valence-corrected chi connectivity index (χ0v) is 8.25. The summed E-state index contributed by atoms with van der Waals surface area (Å²) < 4.78 is 4.72. The summed E-state index contributed by atoms with van der Waals surface area (Å²) >= 11 is 5.89. The number of carbonyl (C=O) groups excluding carboxylic acids is 1. The number of hydrogen-bond donors (Lipinski definition) is 0. The zero-order chi connectivity index (χ0) is 10.4. The molecule has 3 heteroatoms. The Morgan fingerprint density at radius 1 is 1.50 bits per heavy atom. The molecule has 0 aromatic heterocycles. The summed E-state index contributed by atoms with van der Waals surface area (Å²) in [6, 6.07) is 7.40. The Bertz CT molecular complexity index is 366. The van der Waals surface area contributed by atoms with Crippen molar-refractivity contribution < 1.29 is 9.53 Å². The zero-order valence-electron chi connectivity index (χ0n) is 7.50. The van der Waals surface area contributed by atoms with Gasteiger partial charge in [0, 0.05) is 17.4 Å². The number of hydrogen-bond acceptors (Lipinski definition) is 2. The summed E-state index contributed by atoms with van der Waals surface area (Å²) in [6.07, 6.45) is 5.41. The highest BCUT2D eigenvalue weighted by Gasteiger charge is 2.00. The van der Waals surface area contributed by atoms with Crippen molar-refractivity contribution in [1.82, 2.24) is 0 Å². The fraction of sp³-hybridized carbons (Fsp3) is 0.182. The lowest BCUT2D eigenvalue weighted by Crippen LogP contribution is -2.05. The highest BCUT2D eigenvalue weighted by Crippen LogP contribution is 2.15. The molecule has 0 aliphatic rings. The fourth-order valence-electron chi connectivity index (χ4n) is 0.996. The molecule has 72 valence electrons. The largest absolute Gasteiger partial charge is 0.456 e. The van der Waals surface area contributed by atoms with Gasteiger partial charge in [0.1, 0.15) is 0 Å². The van der Waals surface area contributed by atoms with E-state index in [0.29, 0.717) is 11.4 Å². The van der Waals surface area contributed by atoms with Crippen LogP contribution < -0.4 is 0 Å². The molecule has 0 bridgehead atoms. The van der Waals surface area contributed by atoms with E-state index in [1.165, 1.54) is 0 Å². The van der Waals surface area contributed by atoms with E-state index in [-0.39, 0.29) is 6.61 Å². The third-order valence-electron chi connectivity index (χ3n) is 1.68. The molecule has 2 nitrogen and oxygen atoms in total. The van der Waals surface area contributed by atoms with Crippen LogP contribution in [0.2, 0.25) is 5.02 Å². The third kappa shape index (κ3) is 3.12. The van der Waals surface area contributed by atoms with Crippen LogP contribution in [0.15, 0.2) is 24.3 Å². The third-order valence-corrected chi connectivity index (χ3v) is 2.05. The van der Waals surface area contributed by atoms with E-state index in [1.54, 1.807) is 6.07 Å². The maximum atomic E-state index is 10.6. The Morgan fingerprint density at radius 3 is 2.86 bits per heavy atom. The second kappa shape index (κ2) is 5.31. The molecule has 1 aromatic carbocycles. The van der Waals surface area contributed by atoms with Crippen molar-refractivity contribution in [3.8, 4) is 12.3 Å². The van der Waals surface area contributed by atoms with Gasteiger partial charge in [-0.25, -0.2) is 4.79 Å². The van der Waals surface area contributed by atoms with Crippen molar-refractivity contribution in [2.75, 3.05) is 6.61 Å². The van der Waals surface area contributed by atoms with Crippen LogP contribution in [0, 0.1) is 12.3 Å². The molecule has 0 spiro atoms. The Labute approximate surface area is 87.8 Å². The van der Waals surface area contributed by atoms with Gasteiger partial charge in [0.15, 0.2) is 0 Å². The van der Waals surface area contributed by atoms with Crippen molar-refractivity contribution in [3.05, 3.63) is 34.9 Å². The SMILES string of the molecule is C#CC(=O)OCCc1ccccc1Cl. The van der Waals surface area contributed by atoms with Crippen LogP contribution in [-0.4, -0.2) is 12.6 Å². The number of benzene rings is 1. The lowest BCUT2D eigenvalue weighted by atomic mass is 10.2. The molecule has 0 aliphatic carbocycles. The maximum absolute atomic E-state index is 10.6. The van der Waals surface area contributed by atoms with E-state index >= 15 is 0 Å². The number of rotatable bonds is 3. The van der Waals surface area contributed by atoms with E-state index in [4.69, 9.17) is 22.8 Å². The predicted molar refractivity (Wildman–Crippen MR) is 54.9 cm³/mol. The van der Waals surface area contributed by atoms with E-state index in [1.807, 2.05) is 24.1 Å². The lowest BCUT2D eigenvalue weighted by molar-refractivity contribution is -0.136. The first-order valence-corrected chi connectivity index (χ1v) is 4.48. The minimum Gasteiger partial charge on any atom is -0.456 e. The average Bonchev–Trinajstić information content (AvgIpc) is 2.20. The van der Waals surface area contributed by atoms with Gasteiger partial charge in [-0.05, 0) is 11.6 Å². The minimum absolute atomic E-state index is 0.257. The number of halogens is 1. The van der Waals surface area contributed by atoms with Crippen LogP contribution in [0.4, 0.5) is 0 Å². The van der Waals surface area contributed by atoms with Crippen molar-refractivity contribution in [2.24, 2.45) is 0 Å². The van der Waals surface area contributed by atoms with Crippen LogP contribution in [0.5, 0.6) is 0 Å². The van der Waals surface area contributed by atoms with E-state index in [0.717, 1.165) is 5.56 Å². The second-order valence-corrected chi connectivity index (χ2v) is 3.03. The van der Waals surface area contributed by atoms with Gasteiger partial charge in [-0.15, -0.1) is 6.42 Å². The summed E-state index contributed by atoms with van der Waals surface area (Å²) in [5.74, 6) is 1.23. The van der Waals surface area contributed by atoms with Crippen LogP contribution in [0.3, 0.4) is 0 Å². The molecular weight excluding hydrogens is 200 g/mol. The summed E-state index contributed by atoms with van der Waals surface area (Å²) in [6.45, 7) is 0.257. The molecule has 1 aromatic rings. The molecule has 0 N–H and O–H groups in total. The molecule has 0 fully saturated rings. The van der Waals surface area contributed by atoms with Crippen molar-refractivity contribution in [2.45, 2.75) is 6.42 Å². The highest BCUT2D eigenvalue weighted by atomic mass is 35.5. The molecule has 0 amide bonds. The molecule has 0 saturated heterocycles. The highest BCUT2D eigenvalue weighted by molar-refractivity contribution is 6.31. The maximum Gasteiger partial charge on any atom is 0.384 e. The Balaban J connectivity index is 2.43. The molecule has 0 saturated carbocycles. The van der Waals surface area contributed by atoms with Gasteiger partial charge in [-0.1, -0.05) is 29.8 Å². The molecular formula is C11H9ClO2. The Kier molecular flexibility index (Phi) is 4.03. The van der Waals surface area contributed by atoms with Crippen molar-refractivity contribution in [1.29, 1.82) is 0 Å². The van der Waals surface area contributed by atoms with Gasteiger partial charge < -0.3 is 4.74 Å². The van der Waals surface area contributed by atoms with Gasteiger partial charge >= 0.3 is 5.97 Å². The van der Waals surface area contributed by atoms with Crippen LogP contribution in [0.1, 0.15) is 5.56 Å². The molecule has 0 heterocycles. The number of carbonyl (C=O) groups is 1.